The standard InChI is InChI=1S/C14H17F2NO2S/c15-14(16)12-7-17(6-11-4-2-1-3-5-11)8-13(14)10-20(18,19)9-12/h1-5,12-13H,6-10H2/t12-,13+. The van der Waals surface area contributed by atoms with Crippen LogP contribution in [0.2, 0.25) is 0 Å². The highest BCUT2D eigenvalue weighted by Gasteiger charge is 2.57. The number of rotatable bonds is 2. The van der Waals surface area contributed by atoms with Crippen molar-refractivity contribution in [1.29, 1.82) is 0 Å². The predicted molar refractivity (Wildman–Crippen MR) is 72.3 cm³/mol. The van der Waals surface area contributed by atoms with E-state index in [1.54, 1.807) is 0 Å². The van der Waals surface area contributed by atoms with Crippen molar-refractivity contribution in [2.75, 3.05) is 24.6 Å². The molecule has 2 aliphatic rings. The lowest BCUT2D eigenvalue weighted by Crippen LogP contribution is -2.60. The highest BCUT2D eigenvalue weighted by Crippen LogP contribution is 2.43. The summed E-state index contributed by atoms with van der Waals surface area (Å²) in [5.74, 6) is -5.75. The molecule has 2 heterocycles. The minimum Gasteiger partial charge on any atom is -0.298 e. The summed E-state index contributed by atoms with van der Waals surface area (Å²) >= 11 is 0. The van der Waals surface area contributed by atoms with E-state index in [2.05, 4.69) is 0 Å². The van der Waals surface area contributed by atoms with E-state index in [9.17, 15) is 17.2 Å². The summed E-state index contributed by atoms with van der Waals surface area (Å²) in [5, 5.41) is 0. The van der Waals surface area contributed by atoms with Crippen molar-refractivity contribution in [3.8, 4) is 0 Å². The minimum atomic E-state index is -3.32. The Hall–Kier alpha value is -1.01. The highest BCUT2D eigenvalue weighted by molar-refractivity contribution is 7.91. The molecule has 1 aromatic carbocycles. The molecule has 0 saturated carbocycles. The van der Waals surface area contributed by atoms with Gasteiger partial charge in [0.05, 0.1) is 11.5 Å². The van der Waals surface area contributed by atoms with Gasteiger partial charge in [-0.25, -0.2) is 17.2 Å². The summed E-state index contributed by atoms with van der Waals surface area (Å²) in [6, 6.07) is 9.66. The predicted octanol–water partition coefficient (Wildman–Crippen LogP) is 1.80. The molecule has 2 aliphatic heterocycles. The molecule has 2 fully saturated rings. The number of hydrogen-bond acceptors (Lipinski definition) is 3. The van der Waals surface area contributed by atoms with Crippen molar-refractivity contribution in [2.24, 2.45) is 11.8 Å². The Bertz CT molecular complexity index is 564. The zero-order chi connectivity index (χ0) is 14.4. The molecule has 0 amide bonds. The van der Waals surface area contributed by atoms with Crippen LogP contribution in [0.5, 0.6) is 0 Å². The lowest BCUT2D eigenvalue weighted by Gasteiger charge is -2.46. The number of halogens is 2. The number of benzene rings is 1. The average Bonchev–Trinajstić information content (AvgIpc) is 2.34. The fourth-order valence-corrected chi connectivity index (χ4v) is 5.27. The van der Waals surface area contributed by atoms with Gasteiger partial charge < -0.3 is 0 Å². The maximum Gasteiger partial charge on any atom is 0.258 e. The van der Waals surface area contributed by atoms with Crippen LogP contribution in [0.25, 0.3) is 0 Å². The van der Waals surface area contributed by atoms with E-state index >= 15 is 0 Å². The summed E-state index contributed by atoms with van der Waals surface area (Å²) in [7, 11) is -3.32. The van der Waals surface area contributed by atoms with Crippen LogP contribution in [0, 0.1) is 11.8 Å². The van der Waals surface area contributed by atoms with Gasteiger partial charge in [-0.1, -0.05) is 30.3 Å². The van der Waals surface area contributed by atoms with Crippen LogP contribution in [0.4, 0.5) is 8.78 Å². The molecule has 3 nitrogen and oxygen atoms in total. The number of alkyl halides is 2. The molecule has 0 aliphatic carbocycles. The lowest BCUT2D eigenvalue weighted by atomic mass is 9.86. The number of likely N-dealkylation sites (tertiary alicyclic amines) is 1. The monoisotopic (exact) mass is 301 g/mol. The topological polar surface area (TPSA) is 37.4 Å². The fourth-order valence-electron chi connectivity index (χ4n) is 3.25. The number of sulfone groups is 1. The van der Waals surface area contributed by atoms with E-state index in [1.165, 1.54) is 0 Å². The Labute approximate surface area is 117 Å². The van der Waals surface area contributed by atoms with E-state index in [-0.39, 0.29) is 24.6 Å². The van der Waals surface area contributed by atoms with Crippen molar-refractivity contribution in [1.82, 2.24) is 4.90 Å². The first-order valence-corrected chi connectivity index (χ1v) is 8.53. The van der Waals surface area contributed by atoms with E-state index in [4.69, 9.17) is 0 Å². The Kier molecular flexibility index (Phi) is 3.33. The molecular weight excluding hydrogens is 284 g/mol. The number of hydrogen-bond donors (Lipinski definition) is 0. The fraction of sp³-hybridized carbons (Fsp3) is 0.571. The summed E-state index contributed by atoms with van der Waals surface area (Å²) in [4.78, 5) is 1.96. The Morgan fingerprint density at radius 1 is 1.10 bits per heavy atom. The van der Waals surface area contributed by atoms with Gasteiger partial charge in [0.2, 0.25) is 0 Å². The minimum absolute atomic E-state index is 0.150. The largest absolute Gasteiger partial charge is 0.298 e. The van der Waals surface area contributed by atoms with Gasteiger partial charge in [-0.2, -0.15) is 0 Å². The molecule has 2 atom stereocenters. The van der Waals surface area contributed by atoms with Gasteiger partial charge in [0.15, 0.2) is 9.84 Å². The first-order valence-electron chi connectivity index (χ1n) is 6.71. The van der Waals surface area contributed by atoms with Gasteiger partial charge in [0.25, 0.3) is 5.92 Å². The van der Waals surface area contributed by atoms with Crippen molar-refractivity contribution in [3.63, 3.8) is 0 Å². The van der Waals surface area contributed by atoms with Crippen LogP contribution in [-0.2, 0) is 16.4 Å². The molecule has 2 bridgehead atoms. The Balaban J connectivity index is 1.77. The number of fused-ring (bicyclic) bond motifs is 2. The van der Waals surface area contributed by atoms with Gasteiger partial charge in [0, 0.05) is 31.5 Å². The maximum atomic E-state index is 14.1. The molecule has 0 aromatic heterocycles. The van der Waals surface area contributed by atoms with Crippen molar-refractivity contribution < 1.29 is 17.2 Å². The van der Waals surface area contributed by atoms with Gasteiger partial charge in [-0.3, -0.25) is 4.90 Å². The second-order valence-electron chi connectivity index (χ2n) is 5.82. The molecule has 0 N–H and O–H groups in total. The van der Waals surface area contributed by atoms with Crippen LogP contribution in [-0.4, -0.2) is 43.8 Å². The summed E-state index contributed by atoms with van der Waals surface area (Å²) in [6.07, 6.45) is 0. The summed E-state index contributed by atoms with van der Waals surface area (Å²) in [6.45, 7) is 0.902. The van der Waals surface area contributed by atoms with E-state index < -0.39 is 27.6 Å². The Morgan fingerprint density at radius 3 is 2.20 bits per heavy atom. The van der Waals surface area contributed by atoms with E-state index in [0.29, 0.717) is 6.54 Å². The molecule has 0 unspecified atom stereocenters. The molecule has 3 rings (SSSR count). The molecule has 0 spiro atoms. The molecule has 20 heavy (non-hydrogen) atoms. The van der Waals surface area contributed by atoms with Gasteiger partial charge >= 0.3 is 0 Å². The maximum absolute atomic E-state index is 14.1. The van der Waals surface area contributed by atoms with Gasteiger partial charge in [-0.15, -0.1) is 0 Å². The first-order chi connectivity index (χ1) is 9.37. The third kappa shape index (κ3) is 2.59. The molecule has 1 aromatic rings. The summed E-state index contributed by atoms with van der Waals surface area (Å²) in [5.41, 5.74) is 1.07. The van der Waals surface area contributed by atoms with Crippen LogP contribution in [0.15, 0.2) is 30.3 Å². The zero-order valence-corrected chi connectivity index (χ0v) is 11.8. The molecule has 110 valence electrons. The highest BCUT2D eigenvalue weighted by atomic mass is 32.2. The third-order valence-corrected chi connectivity index (χ3v) is 6.03. The van der Waals surface area contributed by atoms with Crippen LogP contribution in [0.3, 0.4) is 0 Å². The van der Waals surface area contributed by atoms with Crippen molar-refractivity contribution >= 4 is 9.84 Å². The third-order valence-electron chi connectivity index (χ3n) is 4.21. The summed E-state index contributed by atoms with van der Waals surface area (Å²) < 4.78 is 51.5. The smallest absolute Gasteiger partial charge is 0.258 e. The number of piperidine rings is 1. The molecular formula is C14H17F2NO2S. The average molecular weight is 301 g/mol. The second kappa shape index (κ2) is 4.77. The Morgan fingerprint density at radius 2 is 1.65 bits per heavy atom. The van der Waals surface area contributed by atoms with E-state index in [0.717, 1.165) is 5.56 Å². The van der Waals surface area contributed by atoms with Crippen LogP contribution < -0.4 is 0 Å². The van der Waals surface area contributed by atoms with E-state index in [1.807, 2.05) is 35.2 Å². The lowest BCUT2D eigenvalue weighted by molar-refractivity contribution is -0.142. The van der Waals surface area contributed by atoms with Crippen LogP contribution >= 0.6 is 0 Å². The molecule has 0 radical (unpaired) electrons. The van der Waals surface area contributed by atoms with Crippen molar-refractivity contribution in [2.45, 2.75) is 12.5 Å². The van der Waals surface area contributed by atoms with Gasteiger partial charge in [-0.05, 0) is 5.56 Å². The molecule has 2 saturated heterocycles. The second-order valence-corrected chi connectivity index (χ2v) is 7.98. The normalized spacial score (nSPS) is 31.9. The quantitative estimate of drug-likeness (QED) is 0.836. The first kappa shape index (κ1) is 13.9. The van der Waals surface area contributed by atoms with Crippen molar-refractivity contribution in [3.05, 3.63) is 35.9 Å². The zero-order valence-electron chi connectivity index (χ0n) is 11.0. The molecule has 6 heteroatoms. The van der Waals surface area contributed by atoms with Gasteiger partial charge in [0.1, 0.15) is 0 Å². The number of nitrogens with zero attached hydrogens (tertiary/aromatic N) is 1. The SMILES string of the molecule is O=S1(=O)C[C@H]2CN(Cc3ccccc3)C[C@@H](C1)C2(F)F. The van der Waals surface area contributed by atoms with Crippen LogP contribution in [0.1, 0.15) is 5.56 Å².